The van der Waals surface area contributed by atoms with Gasteiger partial charge in [-0.1, -0.05) is 11.6 Å². The molecule has 0 unspecified atom stereocenters. The molecule has 1 aromatic heterocycles. The van der Waals surface area contributed by atoms with Crippen LogP contribution in [0.5, 0.6) is 5.75 Å². The fourth-order valence-electron chi connectivity index (χ4n) is 2.83. The average Bonchev–Trinajstić information content (AvgIpc) is 3.03. The summed E-state index contributed by atoms with van der Waals surface area (Å²) < 4.78 is 16.0. The van der Waals surface area contributed by atoms with Gasteiger partial charge in [-0.3, -0.25) is 4.79 Å². The molecule has 1 N–H and O–H groups in total. The summed E-state index contributed by atoms with van der Waals surface area (Å²) in [5, 5.41) is 3.67. The van der Waals surface area contributed by atoms with Gasteiger partial charge in [0.25, 0.3) is 0 Å². The third kappa shape index (κ3) is 6.97. The molecule has 0 aliphatic carbocycles. The van der Waals surface area contributed by atoms with Gasteiger partial charge in [-0.15, -0.1) is 11.3 Å². The highest BCUT2D eigenvalue weighted by molar-refractivity contribution is 7.18. The number of amides is 1. The van der Waals surface area contributed by atoms with E-state index in [-0.39, 0.29) is 40.5 Å². The van der Waals surface area contributed by atoms with Crippen molar-refractivity contribution >= 4 is 45.8 Å². The molecule has 2 rings (SSSR count). The molecule has 0 radical (unpaired) electrons. The largest absolute Gasteiger partial charge is 0.494 e. The Kier molecular flexibility index (Phi) is 9.53. The molecule has 0 atom stereocenters. The van der Waals surface area contributed by atoms with Crippen molar-refractivity contribution in [2.24, 2.45) is 0 Å². The monoisotopic (exact) mass is 481 g/mol. The first-order valence-corrected chi connectivity index (χ1v) is 11.5. The molecule has 32 heavy (non-hydrogen) atoms. The van der Waals surface area contributed by atoms with Crippen LogP contribution in [-0.2, 0) is 14.3 Å². The predicted octanol–water partition coefficient (Wildman–Crippen LogP) is 5.56. The van der Waals surface area contributed by atoms with E-state index in [1.165, 1.54) is 0 Å². The number of halogens is 1. The second kappa shape index (κ2) is 11.9. The number of thiophene rings is 1. The van der Waals surface area contributed by atoms with Crippen molar-refractivity contribution in [2.45, 2.75) is 53.6 Å². The number of anilines is 1. The summed E-state index contributed by atoms with van der Waals surface area (Å²) in [5.74, 6) is -0.752. The lowest BCUT2D eigenvalue weighted by Crippen LogP contribution is -2.15. The van der Waals surface area contributed by atoms with Gasteiger partial charge >= 0.3 is 11.9 Å². The molecular weight excluding hydrogens is 454 g/mol. The Balaban J connectivity index is 2.03. The molecule has 0 bridgehead atoms. The van der Waals surface area contributed by atoms with Crippen molar-refractivity contribution in [2.75, 3.05) is 18.5 Å². The number of carbonyl (C=O) groups excluding carboxylic acids is 3. The molecule has 1 heterocycles. The number of nitrogens with one attached hydrogen (secondary N) is 1. The summed E-state index contributed by atoms with van der Waals surface area (Å²) in [6.07, 6.45) is 0.337. The van der Waals surface area contributed by atoms with Crippen molar-refractivity contribution in [1.82, 2.24) is 0 Å². The van der Waals surface area contributed by atoms with E-state index in [2.05, 4.69) is 5.32 Å². The number of benzene rings is 1. The summed E-state index contributed by atoms with van der Waals surface area (Å²) in [4.78, 5) is 37.6. The lowest BCUT2D eigenvalue weighted by atomic mass is 10.1. The molecule has 1 amide bonds. The maximum absolute atomic E-state index is 12.5. The Labute approximate surface area is 197 Å². The number of ether oxygens (including phenoxy) is 3. The highest BCUT2D eigenvalue weighted by atomic mass is 35.5. The molecule has 1 aromatic carbocycles. The third-order valence-corrected chi connectivity index (χ3v) is 5.97. The van der Waals surface area contributed by atoms with Crippen molar-refractivity contribution in [3.8, 4) is 5.75 Å². The van der Waals surface area contributed by atoms with Crippen molar-refractivity contribution < 1.29 is 28.6 Å². The Morgan fingerprint density at radius 3 is 2.50 bits per heavy atom. The first kappa shape index (κ1) is 25.7. The Morgan fingerprint density at radius 2 is 1.88 bits per heavy atom. The van der Waals surface area contributed by atoms with Crippen LogP contribution in [0, 0.1) is 13.8 Å². The SMILES string of the molecule is CCOC(=O)c1c(NC(=O)CCCOc2ccc(Cl)c(C)c2)sc(C(=O)OC(C)C)c1C. The molecule has 2 aromatic rings. The van der Waals surface area contributed by atoms with E-state index in [1.807, 2.05) is 13.0 Å². The first-order valence-electron chi connectivity index (χ1n) is 10.3. The summed E-state index contributed by atoms with van der Waals surface area (Å²) in [6, 6.07) is 5.37. The van der Waals surface area contributed by atoms with Gasteiger partial charge < -0.3 is 19.5 Å². The quantitative estimate of drug-likeness (QED) is 0.353. The van der Waals surface area contributed by atoms with Gasteiger partial charge in [0.15, 0.2) is 0 Å². The molecule has 174 valence electrons. The number of hydrogen-bond acceptors (Lipinski definition) is 7. The van der Waals surface area contributed by atoms with Crippen molar-refractivity contribution in [3.05, 3.63) is 44.8 Å². The normalized spacial score (nSPS) is 10.7. The fourth-order valence-corrected chi connectivity index (χ4v) is 4.04. The zero-order chi connectivity index (χ0) is 23.8. The lowest BCUT2D eigenvalue weighted by Gasteiger charge is -2.09. The van der Waals surface area contributed by atoms with Crippen molar-refractivity contribution in [1.29, 1.82) is 0 Å². The number of hydrogen-bond donors (Lipinski definition) is 1. The fraction of sp³-hybridized carbons (Fsp3) is 0.435. The van der Waals surface area contributed by atoms with Gasteiger partial charge in [0.1, 0.15) is 15.6 Å². The maximum atomic E-state index is 12.5. The van der Waals surface area contributed by atoms with E-state index in [0.29, 0.717) is 29.4 Å². The van der Waals surface area contributed by atoms with Crippen LogP contribution in [-0.4, -0.2) is 37.2 Å². The number of aryl methyl sites for hydroxylation is 1. The smallest absolute Gasteiger partial charge is 0.348 e. The molecule has 0 aliphatic heterocycles. The minimum absolute atomic E-state index is 0.175. The summed E-state index contributed by atoms with van der Waals surface area (Å²) in [6.45, 7) is 9.21. The minimum atomic E-state index is -0.596. The Bertz CT molecular complexity index is 985. The van der Waals surface area contributed by atoms with E-state index in [9.17, 15) is 14.4 Å². The van der Waals surface area contributed by atoms with Gasteiger partial charge in [-0.2, -0.15) is 0 Å². The van der Waals surface area contributed by atoms with Gasteiger partial charge in [-0.05, 0) is 70.4 Å². The molecule has 0 fully saturated rings. The average molecular weight is 482 g/mol. The summed E-state index contributed by atoms with van der Waals surface area (Å²) >= 11 is 7.01. The topological polar surface area (TPSA) is 90.9 Å². The van der Waals surface area contributed by atoms with Crippen LogP contribution in [0.25, 0.3) is 0 Å². The van der Waals surface area contributed by atoms with Gasteiger partial charge in [0.2, 0.25) is 5.91 Å². The molecule has 0 spiro atoms. The highest BCUT2D eigenvalue weighted by Crippen LogP contribution is 2.34. The van der Waals surface area contributed by atoms with Gasteiger partial charge in [-0.25, -0.2) is 9.59 Å². The van der Waals surface area contributed by atoms with E-state index in [1.54, 1.807) is 39.8 Å². The summed E-state index contributed by atoms with van der Waals surface area (Å²) in [5.41, 5.74) is 1.51. The molecule has 7 nitrogen and oxygen atoms in total. The Morgan fingerprint density at radius 1 is 1.16 bits per heavy atom. The second-order valence-corrected chi connectivity index (χ2v) is 8.77. The van der Waals surface area contributed by atoms with E-state index in [0.717, 1.165) is 16.9 Å². The number of rotatable bonds is 10. The van der Waals surface area contributed by atoms with Crippen LogP contribution in [0.15, 0.2) is 18.2 Å². The van der Waals surface area contributed by atoms with Crippen LogP contribution in [0.4, 0.5) is 5.00 Å². The first-order chi connectivity index (χ1) is 15.1. The van der Waals surface area contributed by atoms with Crippen LogP contribution in [0.3, 0.4) is 0 Å². The van der Waals surface area contributed by atoms with Gasteiger partial charge in [0, 0.05) is 11.4 Å². The summed E-state index contributed by atoms with van der Waals surface area (Å²) in [7, 11) is 0. The lowest BCUT2D eigenvalue weighted by molar-refractivity contribution is -0.116. The Hall–Kier alpha value is -2.58. The van der Waals surface area contributed by atoms with Gasteiger partial charge in [0.05, 0.1) is 24.9 Å². The second-order valence-electron chi connectivity index (χ2n) is 7.35. The zero-order valence-electron chi connectivity index (χ0n) is 18.9. The zero-order valence-corrected chi connectivity index (χ0v) is 20.4. The molecule has 0 aliphatic rings. The maximum Gasteiger partial charge on any atom is 0.348 e. The van der Waals surface area contributed by atoms with Crippen LogP contribution in [0.2, 0.25) is 5.02 Å². The third-order valence-electron chi connectivity index (χ3n) is 4.35. The molecular formula is C23H28ClNO6S. The van der Waals surface area contributed by atoms with Crippen LogP contribution in [0.1, 0.15) is 64.8 Å². The highest BCUT2D eigenvalue weighted by Gasteiger charge is 2.27. The molecule has 0 saturated heterocycles. The predicted molar refractivity (Wildman–Crippen MR) is 125 cm³/mol. The van der Waals surface area contributed by atoms with E-state index in [4.69, 9.17) is 25.8 Å². The van der Waals surface area contributed by atoms with Crippen LogP contribution >= 0.6 is 22.9 Å². The minimum Gasteiger partial charge on any atom is -0.494 e. The number of carbonyl (C=O) groups is 3. The van der Waals surface area contributed by atoms with E-state index < -0.39 is 11.9 Å². The number of esters is 2. The standard InChI is InChI=1S/C23H28ClNO6S/c1-6-29-22(27)19-15(5)20(23(28)31-13(2)3)32-21(19)25-18(26)8-7-11-30-16-9-10-17(24)14(4)12-16/h9-10,12-13H,6-8,11H2,1-5H3,(H,25,26). The van der Waals surface area contributed by atoms with Crippen LogP contribution < -0.4 is 10.1 Å². The van der Waals surface area contributed by atoms with Crippen molar-refractivity contribution in [3.63, 3.8) is 0 Å². The molecule has 0 saturated carbocycles. The van der Waals surface area contributed by atoms with E-state index >= 15 is 0 Å². The molecule has 9 heteroatoms.